The quantitative estimate of drug-likeness (QED) is 0.678. The van der Waals surface area contributed by atoms with Crippen molar-refractivity contribution in [2.45, 2.75) is 57.7 Å². The smallest absolute Gasteiger partial charge is 0.0712 e. The second-order valence-electron chi connectivity index (χ2n) is 5.08. The van der Waals surface area contributed by atoms with Crippen molar-refractivity contribution in [1.29, 1.82) is 0 Å². The molecule has 2 rings (SSSR count). The highest BCUT2D eigenvalue weighted by atomic mass is 79.9. The van der Waals surface area contributed by atoms with Crippen LogP contribution in [0.3, 0.4) is 0 Å². The van der Waals surface area contributed by atoms with E-state index in [-0.39, 0.29) is 5.60 Å². The van der Waals surface area contributed by atoms with Gasteiger partial charge in [0, 0.05) is 5.33 Å². The minimum Gasteiger partial charge on any atom is -0.371 e. The lowest BCUT2D eigenvalue weighted by Crippen LogP contribution is -2.45. The average molecular weight is 247 g/mol. The van der Waals surface area contributed by atoms with E-state index in [4.69, 9.17) is 4.74 Å². The van der Waals surface area contributed by atoms with Gasteiger partial charge in [0.1, 0.15) is 0 Å². The predicted octanol–water partition coefficient (Wildman–Crippen LogP) is 3.51. The summed E-state index contributed by atoms with van der Waals surface area (Å²) in [4.78, 5) is 0. The second kappa shape index (κ2) is 3.23. The Morgan fingerprint density at radius 2 is 2.00 bits per heavy atom. The van der Waals surface area contributed by atoms with Gasteiger partial charge in [0.05, 0.1) is 11.7 Å². The van der Waals surface area contributed by atoms with Crippen LogP contribution in [0.4, 0.5) is 0 Å². The first-order chi connectivity index (χ1) is 6.10. The summed E-state index contributed by atoms with van der Waals surface area (Å²) in [7, 11) is 0. The van der Waals surface area contributed by atoms with Gasteiger partial charge in [0.15, 0.2) is 0 Å². The summed E-state index contributed by atoms with van der Waals surface area (Å²) >= 11 is 3.52. The highest BCUT2D eigenvalue weighted by Gasteiger charge is 2.55. The van der Waals surface area contributed by atoms with E-state index in [0.29, 0.717) is 11.5 Å². The van der Waals surface area contributed by atoms with Gasteiger partial charge in [0.25, 0.3) is 0 Å². The zero-order valence-corrected chi connectivity index (χ0v) is 10.2. The van der Waals surface area contributed by atoms with Crippen LogP contribution < -0.4 is 0 Å². The number of hydrogen-bond donors (Lipinski definition) is 0. The maximum Gasteiger partial charge on any atom is 0.0712 e. The highest BCUT2D eigenvalue weighted by Crippen LogP contribution is 2.58. The molecule has 0 spiro atoms. The Labute approximate surface area is 89.4 Å². The molecule has 0 aromatic heterocycles. The van der Waals surface area contributed by atoms with Gasteiger partial charge >= 0.3 is 0 Å². The van der Waals surface area contributed by atoms with E-state index in [2.05, 4.69) is 29.8 Å². The minimum absolute atomic E-state index is 0.170. The maximum absolute atomic E-state index is 6.20. The van der Waals surface area contributed by atoms with E-state index in [1.165, 1.54) is 32.1 Å². The summed E-state index contributed by atoms with van der Waals surface area (Å²) in [6.45, 7) is 4.69. The lowest BCUT2D eigenvalue weighted by Gasteiger charge is -2.43. The van der Waals surface area contributed by atoms with E-state index < -0.39 is 0 Å². The van der Waals surface area contributed by atoms with E-state index >= 15 is 0 Å². The molecule has 2 fully saturated rings. The molecule has 0 aromatic rings. The molecule has 1 heterocycles. The van der Waals surface area contributed by atoms with Crippen LogP contribution in [0.5, 0.6) is 0 Å². The van der Waals surface area contributed by atoms with Gasteiger partial charge in [-0.2, -0.15) is 0 Å². The molecule has 2 unspecified atom stereocenters. The largest absolute Gasteiger partial charge is 0.371 e. The van der Waals surface area contributed by atoms with Crippen molar-refractivity contribution in [3.8, 4) is 0 Å². The van der Waals surface area contributed by atoms with Gasteiger partial charge < -0.3 is 4.74 Å². The Hall–Kier alpha value is 0.440. The SMILES string of the molecule is CC1(C2(C)CCCC(CBr)O2)CC1. The van der Waals surface area contributed by atoms with Crippen LogP contribution in [0.15, 0.2) is 0 Å². The van der Waals surface area contributed by atoms with Crippen molar-refractivity contribution in [3.63, 3.8) is 0 Å². The van der Waals surface area contributed by atoms with Gasteiger partial charge in [-0.15, -0.1) is 0 Å². The van der Waals surface area contributed by atoms with Crippen molar-refractivity contribution >= 4 is 15.9 Å². The lowest BCUT2D eigenvalue weighted by molar-refractivity contribution is -0.144. The van der Waals surface area contributed by atoms with Crippen molar-refractivity contribution in [1.82, 2.24) is 0 Å². The summed E-state index contributed by atoms with van der Waals surface area (Å²) in [5.41, 5.74) is 0.664. The molecule has 1 nitrogen and oxygen atoms in total. The van der Waals surface area contributed by atoms with Gasteiger partial charge in [-0.05, 0) is 44.4 Å². The van der Waals surface area contributed by atoms with Crippen molar-refractivity contribution in [3.05, 3.63) is 0 Å². The summed E-state index contributed by atoms with van der Waals surface area (Å²) < 4.78 is 6.20. The van der Waals surface area contributed by atoms with Crippen molar-refractivity contribution in [2.24, 2.45) is 5.41 Å². The van der Waals surface area contributed by atoms with Crippen molar-refractivity contribution in [2.75, 3.05) is 5.33 Å². The zero-order chi connectivity index (χ0) is 9.53. The molecule has 1 aliphatic carbocycles. The molecule has 0 N–H and O–H groups in total. The molecule has 2 heteroatoms. The number of hydrogen-bond acceptors (Lipinski definition) is 1. The second-order valence-corrected chi connectivity index (χ2v) is 5.73. The van der Waals surface area contributed by atoms with Crippen LogP contribution in [0.25, 0.3) is 0 Å². The number of halogens is 1. The molecule has 0 bridgehead atoms. The number of ether oxygens (including phenoxy) is 1. The molecule has 2 atom stereocenters. The van der Waals surface area contributed by atoms with Crippen LogP contribution in [0.2, 0.25) is 0 Å². The Kier molecular flexibility index (Phi) is 2.48. The maximum atomic E-state index is 6.20. The Balaban J connectivity index is 2.05. The van der Waals surface area contributed by atoms with E-state index in [1.807, 2.05) is 0 Å². The molecule has 13 heavy (non-hydrogen) atoms. The molecule has 0 radical (unpaired) electrons. The van der Waals surface area contributed by atoms with E-state index in [0.717, 1.165) is 5.33 Å². The molecule has 1 aliphatic heterocycles. The van der Waals surface area contributed by atoms with Gasteiger partial charge in [-0.3, -0.25) is 0 Å². The molecule has 1 saturated carbocycles. The first-order valence-electron chi connectivity index (χ1n) is 5.33. The standard InChI is InChI=1S/C11H19BrO/c1-10(6-7-10)11(2)5-3-4-9(8-12)13-11/h9H,3-8H2,1-2H3. The predicted molar refractivity (Wildman–Crippen MR) is 58.3 cm³/mol. The fraction of sp³-hybridized carbons (Fsp3) is 1.00. The third-order valence-electron chi connectivity index (χ3n) is 4.06. The third kappa shape index (κ3) is 1.68. The Bertz CT molecular complexity index is 200. The summed E-state index contributed by atoms with van der Waals surface area (Å²) in [5, 5.41) is 0.999. The molecular weight excluding hydrogens is 228 g/mol. The third-order valence-corrected chi connectivity index (χ3v) is 4.78. The van der Waals surface area contributed by atoms with E-state index in [1.54, 1.807) is 0 Å². The molecule has 0 amide bonds. The molecule has 76 valence electrons. The summed E-state index contributed by atoms with van der Waals surface area (Å²) in [5.74, 6) is 0. The first kappa shape index (κ1) is 9.97. The van der Waals surface area contributed by atoms with Gasteiger partial charge in [-0.25, -0.2) is 0 Å². The van der Waals surface area contributed by atoms with Crippen LogP contribution >= 0.6 is 15.9 Å². The monoisotopic (exact) mass is 246 g/mol. The fourth-order valence-corrected chi connectivity index (χ4v) is 2.88. The van der Waals surface area contributed by atoms with E-state index in [9.17, 15) is 0 Å². The summed E-state index contributed by atoms with van der Waals surface area (Å²) in [6.07, 6.45) is 7.00. The zero-order valence-electron chi connectivity index (χ0n) is 8.61. The minimum atomic E-state index is 0.170. The summed E-state index contributed by atoms with van der Waals surface area (Å²) in [6, 6.07) is 0. The molecule has 0 aromatic carbocycles. The average Bonchev–Trinajstić information content (AvgIpc) is 2.85. The van der Waals surface area contributed by atoms with Crippen LogP contribution in [0, 0.1) is 5.41 Å². The molecule has 2 aliphatic rings. The lowest BCUT2D eigenvalue weighted by atomic mass is 9.80. The molecule has 1 saturated heterocycles. The van der Waals surface area contributed by atoms with Crippen molar-refractivity contribution < 1.29 is 4.74 Å². The van der Waals surface area contributed by atoms with Gasteiger partial charge in [-0.1, -0.05) is 22.9 Å². The topological polar surface area (TPSA) is 9.23 Å². The van der Waals surface area contributed by atoms with Gasteiger partial charge in [0.2, 0.25) is 0 Å². The Morgan fingerprint density at radius 1 is 1.31 bits per heavy atom. The van der Waals surface area contributed by atoms with Crippen LogP contribution in [-0.2, 0) is 4.74 Å². The number of alkyl halides is 1. The van der Waals surface area contributed by atoms with Crippen LogP contribution in [0.1, 0.15) is 46.0 Å². The Morgan fingerprint density at radius 3 is 2.54 bits per heavy atom. The normalized spacial score (nSPS) is 43.2. The fourth-order valence-electron chi connectivity index (χ4n) is 2.42. The number of rotatable bonds is 2. The first-order valence-corrected chi connectivity index (χ1v) is 6.46. The highest BCUT2D eigenvalue weighted by molar-refractivity contribution is 9.09. The van der Waals surface area contributed by atoms with Crippen LogP contribution in [-0.4, -0.2) is 17.0 Å². The molecular formula is C11H19BrO.